The van der Waals surface area contributed by atoms with E-state index in [9.17, 15) is 5.11 Å². The van der Waals surface area contributed by atoms with Crippen molar-refractivity contribution in [1.29, 1.82) is 0 Å². The summed E-state index contributed by atoms with van der Waals surface area (Å²) in [7, 11) is 0. The van der Waals surface area contributed by atoms with Gasteiger partial charge in [0.1, 0.15) is 0 Å². The highest BCUT2D eigenvalue weighted by Crippen LogP contribution is 2.23. The molecule has 0 spiro atoms. The van der Waals surface area contributed by atoms with Gasteiger partial charge in [-0.1, -0.05) is 37.5 Å². The number of hydrogen-bond acceptors (Lipinski definition) is 5. The number of para-hydroxylation sites is 1. The predicted octanol–water partition coefficient (Wildman–Crippen LogP) is 1.79. The van der Waals surface area contributed by atoms with Gasteiger partial charge in [0.15, 0.2) is 5.82 Å². The first-order chi connectivity index (χ1) is 10.9. The van der Waals surface area contributed by atoms with Gasteiger partial charge >= 0.3 is 0 Å². The van der Waals surface area contributed by atoms with Crippen molar-refractivity contribution in [2.45, 2.75) is 44.7 Å². The van der Waals surface area contributed by atoms with Crippen LogP contribution >= 0.6 is 0 Å². The SMILES string of the molecule is OCCN(Cc1nnnn1-c1ccccc1)C1CCCCC1. The lowest BCUT2D eigenvalue weighted by molar-refractivity contribution is 0.113. The summed E-state index contributed by atoms with van der Waals surface area (Å²) in [6, 6.07) is 10.5. The van der Waals surface area contributed by atoms with Gasteiger partial charge in [-0.05, 0) is 35.4 Å². The molecule has 1 aromatic heterocycles. The summed E-state index contributed by atoms with van der Waals surface area (Å²) in [4.78, 5) is 2.32. The van der Waals surface area contributed by atoms with Gasteiger partial charge in [-0.25, -0.2) is 0 Å². The van der Waals surface area contributed by atoms with Crippen LogP contribution in [0.4, 0.5) is 0 Å². The molecule has 1 N–H and O–H groups in total. The highest BCUT2D eigenvalue weighted by atomic mass is 16.3. The molecule has 3 rings (SSSR count). The first-order valence-electron chi connectivity index (χ1n) is 8.06. The maximum absolute atomic E-state index is 9.38. The van der Waals surface area contributed by atoms with Gasteiger partial charge in [0.2, 0.25) is 0 Å². The van der Waals surface area contributed by atoms with Crippen LogP contribution in [0, 0.1) is 0 Å². The third-order valence-electron chi connectivity index (χ3n) is 4.36. The molecule has 0 radical (unpaired) electrons. The fraction of sp³-hybridized carbons (Fsp3) is 0.562. The Morgan fingerprint density at radius 3 is 2.64 bits per heavy atom. The lowest BCUT2D eigenvalue weighted by Gasteiger charge is -2.33. The molecule has 6 nitrogen and oxygen atoms in total. The maximum Gasteiger partial charge on any atom is 0.170 e. The first-order valence-corrected chi connectivity index (χ1v) is 8.06. The Balaban J connectivity index is 1.77. The Hall–Kier alpha value is -1.79. The second kappa shape index (κ2) is 7.47. The van der Waals surface area contributed by atoms with Gasteiger partial charge in [0, 0.05) is 12.6 Å². The normalized spacial score (nSPS) is 16.3. The summed E-state index contributed by atoms with van der Waals surface area (Å²) in [6.07, 6.45) is 6.28. The minimum Gasteiger partial charge on any atom is -0.395 e. The zero-order chi connectivity index (χ0) is 15.2. The van der Waals surface area contributed by atoms with Crippen LogP contribution in [0.25, 0.3) is 5.69 Å². The van der Waals surface area contributed by atoms with E-state index in [1.165, 1.54) is 32.1 Å². The standard InChI is InChI=1S/C16H23N5O/c22-12-11-20(14-7-3-1-4-8-14)13-16-17-18-19-21(16)15-9-5-2-6-10-15/h2,5-6,9-10,14,22H,1,3-4,7-8,11-13H2. The minimum atomic E-state index is 0.170. The Morgan fingerprint density at radius 1 is 1.14 bits per heavy atom. The molecule has 1 saturated carbocycles. The van der Waals surface area contributed by atoms with Gasteiger partial charge in [-0.3, -0.25) is 4.90 Å². The molecule has 22 heavy (non-hydrogen) atoms. The van der Waals surface area contributed by atoms with Gasteiger partial charge in [-0.15, -0.1) is 5.10 Å². The molecular formula is C16H23N5O. The zero-order valence-electron chi connectivity index (χ0n) is 12.8. The highest BCUT2D eigenvalue weighted by Gasteiger charge is 2.23. The summed E-state index contributed by atoms with van der Waals surface area (Å²) >= 11 is 0. The molecule has 1 aliphatic rings. The van der Waals surface area contributed by atoms with Gasteiger partial charge in [0.25, 0.3) is 0 Å². The fourth-order valence-corrected chi connectivity index (χ4v) is 3.22. The Bertz CT molecular complexity index is 565. The number of aromatic nitrogens is 4. The van der Waals surface area contributed by atoms with Crippen molar-refractivity contribution in [3.8, 4) is 5.69 Å². The number of rotatable bonds is 6. The molecule has 0 bridgehead atoms. The Kier molecular flexibility index (Phi) is 5.13. The molecule has 1 aromatic carbocycles. The number of benzene rings is 1. The van der Waals surface area contributed by atoms with Crippen LogP contribution in [-0.2, 0) is 6.54 Å². The molecule has 0 atom stereocenters. The van der Waals surface area contributed by atoms with Crippen LogP contribution in [0.1, 0.15) is 37.9 Å². The van der Waals surface area contributed by atoms with E-state index in [1.54, 1.807) is 4.68 Å². The third kappa shape index (κ3) is 3.51. The van der Waals surface area contributed by atoms with E-state index in [4.69, 9.17) is 0 Å². The second-order valence-corrected chi connectivity index (χ2v) is 5.83. The number of hydrogen-bond donors (Lipinski definition) is 1. The average molecular weight is 301 g/mol. The number of tetrazole rings is 1. The molecular weight excluding hydrogens is 278 g/mol. The van der Waals surface area contributed by atoms with E-state index in [2.05, 4.69) is 20.4 Å². The molecule has 1 aliphatic carbocycles. The van der Waals surface area contributed by atoms with Gasteiger partial charge in [-0.2, -0.15) is 4.68 Å². The number of nitrogens with zero attached hydrogens (tertiary/aromatic N) is 5. The van der Waals surface area contributed by atoms with E-state index < -0.39 is 0 Å². The minimum absolute atomic E-state index is 0.170. The van der Waals surface area contributed by atoms with Crippen molar-refractivity contribution < 1.29 is 5.11 Å². The third-order valence-corrected chi connectivity index (χ3v) is 4.36. The summed E-state index contributed by atoms with van der Waals surface area (Å²) in [6.45, 7) is 1.52. The van der Waals surface area contributed by atoms with Crippen molar-refractivity contribution in [2.24, 2.45) is 0 Å². The van der Waals surface area contributed by atoms with E-state index in [-0.39, 0.29) is 6.61 Å². The molecule has 118 valence electrons. The van der Waals surface area contributed by atoms with Crippen molar-refractivity contribution in [3.63, 3.8) is 0 Å². The van der Waals surface area contributed by atoms with E-state index in [1.807, 2.05) is 30.3 Å². The smallest absolute Gasteiger partial charge is 0.170 e. The summed E-state index contributed by atoms with van der Waals surface area (Å²) in [5, 5.41) is 21.5. The van der Waals surface area contributed by atoms with Gasteiger partial charge in [0.05, 0.1) is 18.8 Å². The topological polar surface area (TPSA) is 67.1 Å². The fourth-order valence-electron chi connectivity index (χ4n) is 3.22. The molecule has 0 unspecified atom stereocenters. The van der Waals surface area contributed by atoms with Crippen LogP contribution < -0.4 is 0 Å². The van der Waals surface area contributed by atoms with Gasteiger partial charge < -0.3 is 5.11 Å². The Morgan fingerprint density at radius 2 is 1.91 bits per heavy atom. The van der Waals surface area contributed by atoms with Crippen LogP contribution in [0.15, 0.2) is 30.3 Å². The van der Waals surface area contributed by atoms with Crippen LogP contribution in [-0.4, -0.2) is 49.4 Å². The van der Waals surface area contributed by atoms with E-state index in [0.717, 1.165) is 11.5 Å². The summed E-state index contributed by atoms with van der Waals surface area (Å²) in [5.41, 5.74) is 0.968. The molecule has 1 fully saturated rings. The average Bonchev–Trinajstić information content (AvgIpc) is 3.04. The van der Waals surface area contributed by atoms with Crippen molar-refractivity contribution in [2.75, 3.05) is 13.2 Å². The lowest BCUT2D eigenvalue weighted by Crippen LogP contribution is -2.38. The lowest BCUT2D eigenvalue weighted by atomic mass is 9.94. The van der Waals surface area contributed by atoms with Crippen molar-refractivity contribution in [1.82, 2.24) is 25.1 Å². The maximum atomic E-state index is 9.38. The monoisotopic (exact) mass is 301 g/mol. The van der Waals surface area contributed by atoms with E-state index in [0.29, 0.717) is 19.1 Å². The quantitative estimate of drug-likeness (QED) is 0.881. The van der Waals surface area contributed by atoms with Crippen LogP contribution in [0.2, 0.25) is 0 Å². The highest BCUT2D eigenvalue weighted by molar-refractivity contribution is 5.30. The molecule has 0 saturated heterocycles. The second-order valence-electron chi connectivity index (χ2n) is 5.83. The van der Waals surface area contributed by atoms with Crippen molar-refractivity contribution >= 4 is 0 Å². The van der Waals surface area contributed by atoms with Crippen molar-refractivity contribution in [3.05, 3.63) is 36.2 Å². The molecule has 2 aromatic rings. The number of aliphatic hydroxyl groups excluding tert-OH is 1. The summed E-state index contributed by atoms with van der Waals surface area (Å²) in [5.74, 6) is 0.824. The molecule has 6 heteroatoms. The summed E-state index contributed by atoms with van der Waals surface area (Å²) < 4.78 is 1.78. The first kappa shape index (κ1) is 15.1. The number of aliphatic hydroxyl groups is 1. The van der Waals surface area contributed by atoms with Crippen LogP contribution in [0.5, 0.6) is 0 Å². The Labute approximate surface area is 130 Å². The largest absolute Gasteiger partial charge is 0.395 e. The molecule has 0 aliphatic heterocycles. The predicted molar refractivity (Wildman–Crippen MR) is 83.5 cm³/mol. The molecule has 1 heterocycles. The molecule has 0 amide bonds. The zero-order valence-corrected chi connectivity index (χ0v) is 12.8. The van der Waals surface area contributed by atoms with E-state index >= 15 is 0 Å². The van der Waals surface area contributed by atoms with Crippen LogP contribution in [0.3, 0.4) is 0 Å².